The fourth-order valence-corrected chi connectivity index (χ4v) is 3.71. The molecule has 1 fully saturated rings. The monoisotopic (exact) mass is 332 g/mol. The predicted octanol–water partition coefficient (Wildman–Crippen LogP) is 1.64. The normalized spacial score (nSPS) is 15.2. The summed E-state index contributed by atoms with van der Waals surface area (Å²) in [6.07, 6.45) is 1.48. The van der Waals surface area contributed by atoms with Crippen LogP contribution in [0.15, 0.2) is 23.1 Å². The molecule has 2 N–H and O–H groups in total. The molecule has 1 aliphatic rings. The number of rotatable bonds is 6. The van der Waals surface area contributed by atoms with Crippen LogP contribution in [0.2, 0.25) is 5.02 Å². The van der Waals surface area contributed by atoms with Gasteiger partial charge in [-0.05, 0) is 38.0 Å². The number of carbonyl (C=O) groups excluding carboxylic acids is 1. The lowest BCUT2D eigenvalue weighted by atomic mass is 10.3. The Labute approximate surface area is 128 Å². The Morgan fingerprint density at radius 3 is 2.67 bits per heavy atom. The maximum atomic E-state index is 12.6. The van der Waals surface area contributed by atoms with Crippen molar-refractivity contribution in [1.29, 1.82) is 0 Å². The summed E-state index contributed by atoms with van der Waals surface area (Å²) in [7, 11) is -3.80. The summed E-state index contributed by atoms with van der Waals surface area (Å²) >= 11 is 5.80. The number of ether oxygens (including phenoxy) is 1. The second-order valence-electron chi connectivity index (χ2n) is 4.77. The van der Waals surface area contributed by atoms with Gasteiger partial charge in [0.2, 0.25) is 10.0 Å². The molecule has 0 spiro atoms. The molecule has 21 heavy (non-hydrogen) atoms. The van der Waals surface area contributed by atoms with Crippen LogP contribution in [0.1, 0.15) is 19.8 Å². The molecule has 0 radical (unpaired) electrons. The van der Waals surface area contributed by atoms with E-state index in [1.807, 2.05) is 0 Å². The lowest BCUT2D eigenvalue weighted by molar-refractivity contribution is -0.143. The highest BCUT2D eigenvalue weighted by molar-refractivity contribution is 7.89. The molecule has 1 saturated carbocycles. The van der Waals surface area contributed by atoms with Gasteiger partial charge in [0.05, 0.1) is 22.2 Å². The first-order chi connectivity index (χ1) is 9.86. The number of nitrogen functional groups attached to an aromatic ring is 1. The van der Waals surface area contributed by atoms with Crippen LogP contribution < -0.4 is 5.73 Å². The number of carbonyl (C=O) groups is 1. The van der Waals surface area contributed by atoms with Crippen molar-refractivity contribution in [1.82, 2.24) is 4.31 Å². The van der Waals surface area contributed by atoms with E-state index in [0.29, 0.717) is 0 Å². The van der Waals surface area contributed by atoms with Gasteiger partial charge in [-0.3, -0.25) is 4.79 Å². The minimum atomic E-state index is -3.80. The third kappa shape index (κ3) is 3.66. The molecule has 0 bridgehead atoms. The summed E-state index contributed by atoms with van der Waals surface area (Å²) in [4.78, 5) is 11.6. The van der Waals surface area contributed by atoms with Crippen LogP contribution in [0.3, 0.4) is 0 Å². The first-order valence-corrected chi connectivity index (χ1v) is 8.40. The minimum absolute atomic E-state index is 0.0283. The summed E-state index contributed by atoms with van der Waals surface area (Å²) in [6.45, 7) is 1.60. The smallest absolute Gasteiger partial charge is 0.321 e. The number of benzene rings is 1. The predicted molar refractivity (Wildman–Crippen MR) is 79.4 cm³/mol. The van der Waals surface area contributed by atoms with Crippen LogP contribution in [0.4, 0.5) is 5.69 Å². The lowest BCUT2D eigenvalue weighted by Gasteiger charge is -2.21. The van der Waals surface area contributed by atoms with E-state index in [4.69, 9.17) is 22.1 Å². The van der Waals surface area contributed by atoms with Gasteiger partial charge in [-0.2, -0.15) is 4.31 Å². The Kier molecular flexibility index (Phi) is 4.75. The van der Waals surface area contributed by atoms with Crippen LogP contribution in [0.5, 0.6) is 0 Å². The highest BCUT2D eigenvalue weighted by Crippen LogP contribution is 2.33. The molecule has 0 unspecified atom stereocenters. The summed E-state index contributed by atoms with van der Waals surface area (Å²) < 4.78 is 31.3. The number of esters is 1. The zero-order valence-corrected chi connectivity index (χ0v) is 13.2. The molecule has 1 aromatic rings. The maximum absolute atomic E-state index is 12.6. The second-order valence-corrected chi connectivity index (χ2v) is 7.07. The van der Waals surface area contributed by atoms with Crippen LogP contribution in [-0.2, 0) is 19.6 Å². The fraction of sp³-hybridized carbons (Fsp3) is 0.462. The summed E-state index contributed by atoms with van der Waals surface area (Å²) in [5, 5.41) is 0.289. The van der Waals surface area contributed by atoms with Gasteiger partial charge in [0.1, 0.15) is 6.54 Å². The largest absolute Gasteiger partial charge is 0.465 e. The van der Waals surface area contributed by atoms with Crippen molar-refractivity contribution in [2.75, 3.05) is 18.9 Å². The van der Waals surface area contributed by atoms with Crippen molar-refractivity contribution in [3.05, 3.63) is 23.2 Å². The van der Waals surface area contributed by atoms with E-state index in [1.54, 1.807) is 6.92 Å². The van der Waals surface area contributed by atoms with E-state index in [0.717, 1.165) is 12.8 Å². The third-order valence-corrected chi connectivity index (χ3v) is 5.36. The lowest BCUT2D eigenvalue weighted by Crippen LogP contribution is -2.38. The van der Waals surface area contributed by atoms with Crippen molar-refractivity contribution in [3.63, 3.8) is 0 Å². The van der Waals surface area contributed by atoms with Crippen LogP contribution in [-0.4, -0.2) is 37.9 Å². The van der Waals surface area contributed by atoms with Crippen molar-refractivity contribution in [2.45, 2.75) is 30.7 Å². The molecule has 6 nitrogen and oxygen atoms in total. The molecule has 0 atom stereocenters. The highest BCUT2D eigenvalue weighted by atomic mass is 35.5. The quantitative estimate of drug-likeness (QED) is 0.631. The van der Waals surface area contributed by atoms with Gasteiger partial charge in [-0.1, -0.05) is 11.6 Å². The third-order valence-electron chi connectivity index (χ3n) is 3.12. The van der Waals surface area contributed by atoms with Crippen molar-refractivity contribution < 1.29 is 17.9 Å². The van der Waals surface area contributed by atoms with Crippen LogP contribution in [0, 0.1) is 0 Å². The summed E-state index contributed by atoms with van der Waals surface area (Å²) in [5.41, 5.74) is 5.84. The second kappa shape index (κ2) is 6.21. The van der Waals surface area contributed by atoms with E-state index < -0.39 is 16.0 Å². The molecule has 0 heterocycles. The summed E-state index contributed by atoms with van der Waals surface area (Å²) in [6, 6.07) is 3.96. The van der Waals surface area contributed by atoms with Crippen LogP contribution >= 0.6 is 11.6 Å². The Hall–Kier alpha value is -1.31. The fourth-order valence-electron chi connectivity index (χ4n) is 1.92. The molecular weight excluding hydrogens is 316 g/mol. The molecular formula is C13H17ClN2O4S. The van der Waals surface area contributed by atoms with E-state index in [2.05, 4.69) is 0 Å². The standard InChI is InChI=1S/C13H17ClN2O4S/c1-2-20-13(17)8-16(9-3-4-9)21(18,19)10-5-6-11(14)12(15)7-10/h5-7,9H,2-4,8,15H2,1H3. The molecule has 0 aliphatic heterocycles. The average Bonchev–Trinajstić information content (AvgIpc) is 3.23. The topological polar surface area (TPSA) is 89.7 Å². The molecule has 0 aromatic heterocycles. The molecule has 1 aliphatic carbocycles. The molecule has 1 aromatic carbocycles. The first kappa shape index (κ1) is 16.1. The van der Waals surface area contributed by atoms with Gasteiger partial charge in [0.25, 0.3) is 0 Å². The molecule has 116 valence electrons. The van der Waals surface area contributed by atoms with Gasteiger partial charge in [-0.25, -0.2) is 8.42 Å². The number of hydrogen-bond acceptors (Lipinski definition) is 5. The van der Waals surface area contributed by atoms with E-state index >= 15 is 0 Å². The Balaban J connectivity index is 2.29. The molecule has 2 rings (SSSR count). The summed E-state index contributed by atoms with van der Waals surface area (Å²) in [5.74, 6) is -0.560. The molecule has 8 heteroatoms. The number of sulfonamides is 1. The van der Waals surface area contributed by atoms with Gasteiger partial charge in [0.15, 0.2) is 0 Å². The Morgan fingerprint density at radius 2 is 2.14 bits per heavy atom. The van der Waals surface area contributed by atoms with Gasteiger partial charge >= 0.3 is 5.97 Å². The highest BCUT2D eigenvalue weighted by Gasteiger charge is 2.39. The van der Waals surface area contributed by atoms with Crippen molar-refractivity contribution in [3.8, 4) is 0 Å². The van der Waals surface area contributed by atoms with Gasteiger partial charge in [-0.15, -0.1) is 0 Å². The number of hydrogen-bond donors (Lipinski definition) is 1. The number of anilines is 1. The first-order valence-electron chi connectivity index (χ1n) is 6.58. The van der Waals surface area contributed by atoms with Gasteiger partial charge in [0, 0.05) is 6.04 Å². The Bertz CT molecular complexity index is 644. The SMILES string of the molecule is CCOC(=O)CN(C1CC1)S(=O)(=O)c1ccc(Cl)c(N)c1. The number of nitrogens with zero attached hydrogens (tertiary/aromatic N) is 1. The van der Waals surface area contributed by atoms with Gasteiger partial charge < -0.3 is 10.5 Å². The number of halogens is 1. The maximum Gasteiger partial charge on any atom is 0.321 e. The molecule has 0 saturated heterocycles. The average molecular weight is 333 g/mol. The zero-order chi connectivity index (χ0) is 15.6. The van der Waals surface area contributed by atoms with E-state index in [-0.39, 0.29) is 34.8 Å². The van der Waals surface area contributed by atoms with Crippen molar-refractivity contribution >= 4 is 33.3 Å². The minimum Gasteiger partial charge on any atom is -0.465 e. The number of nitrogens with two attached hydrogens (primary N) is 1. The van der Waals surface area contributed by atoms with E-state index in [1.165, 1.54) is 22.5 Å². The molecule has 0 amide bonds. The van der Waals surface area contributed by atoms with Crippen LogP contribution in [0.25, 0.3) is 0 Å². The Morgan fingerprint density at radius 1 is 1.48 bits per heavy atom. The van der Waals surface area contributed by atoms with Crippen molar-refractivity contribution in [2.24, 2.45) is 0 Å². The zero-order valence-electron chi connectivity index (χ0n) is 11.6. The van der Waals surface area contributed by atoms with E-state index in [9.17, 15) is 13.2 Å².